The van der Waals surface area contributed by atoms with Crippen LogP contribution in [0.25, 0.3) is 16.5 Å². The second-order valence-electron chi connectivity index (χ2n) is 8.71. The molecule has 0 aliphatic carbocycles. The zero-order valence-electron chi connectivity index (χ0n) is 19.5. The van der Waals surface area contributed by atoms with Crippen LogP contribution in [0.5, 0.6) is 5.75 Å². The van der Waals surface area contributed by atoms with E-state index >= 15 is 0 Å². The zero-order chi connectivity index (χ0) is 23.7. The highest BCUT2D eigenvalue weighted by molar-refractivity contribution is 6.46. The number of ether oxygens (including phenoxy) is 1. The summed E-state index contributed by atoms with van der Waals surface area (Å²) in [4.78, 5) is 27.8. The van der Waals surface area contributed by atoms with Crippen molar-refractivity contribution in [3.05, 3.63) is 82.9 Å². The third-order valence-corrected chi connectivity index (χ3v) is 5.93. The highest BCUT2D eigenvalue weighted by atomic mass is 16.5. The van der Waals surface area contributed by atoms with Gasteiger partial charge in [-0.1, -0.05) is 49.4 Å². The number of likely N-dealkylation sites (tertiary alicyclic amines) is 1. The number of amides is 1. The molecule has 4 rings (SSSR count). The normalized spacial score (nSPS) is 17.8. The van der Waals surface area contributed by atoms with Crippen LogP contribution >= 0.6 is 0 Å². The SMILES string of the molecule is CCCN1C(=O)C(=O)/C(=C(\O)c2ccc(OC(C)C)c(C)c2)C1c1cccc2ccccc12. The van der Waals surface area contributed by atoms with Gasteiger partial charge in [0.25, 0.3) is 11.7 Å². The molecule has 33 heavy (non-hydrogen) atoms. The van der Waals surface area contributed by atoms with Crippen molar-refractivity contribution < 1.29 is 19.4 Å². The molecule has 3 aromatic carbocycles. The van der Waals surface area contributed by atoms with Gasteiger partial charge in [-0.05, 0) is 67.3 Å². The van der Waals surface area contributed by atoms with Gasteiger partial charge in [-0.3, -0.25) is 9.59 Å². The standard InChI is InChI=1S/C28H29NO4/c1-5-15-29-25(22-12-8-10-19-9-6-7-11-21(19)22)24(27(31)28(29)32)26(30)20-13-14-23(18(4)16-20)33-17(2)3/h6-14,16-17,25,30H,5,15H2,1-4H3/b26-24-. The molecule has 1 unspecified atom stereocenters. The van der Waals surface area contributed by atoms with Gasteiger partial charge in [0, 0.05) is 12.1 Å². The zero-order valence-corrected chi connectivity index (χ0v) is 19.5. The fourth-order valence-corrected chi connectivity index (χ4v) is 4.50. The summed E-state index contributed by atoms with van der Waals surface area (Å²) in [5, 5.41) is 13.3. The van der Waals surface area contributed by atoms with Gasteiger partial charge in [0.15, 0.2) is 0 Å². The number of ketones is 1. The summed E-state index contributed by atoms with van der Waals surface area (Å²) in [5.41, 5.74) is 2.29. The largest absolute Gasteiger partial charge is 0.507 e. The number of aliphatic hydroxyl groups is 1. The molecule has 0 aromatic heterocycles. The summed E-state index contributed by atoms with van der Waals surface area (Å²) in [6.45, 7) is 8.19. The summed E-state index contributed by atoms with van der Waals surface area (Å²) >= 11 is 0. The summed E-state index contributed by atoms with van der Waals surface area (Å²) < 4.78 is 5.80. The molecule has 1 atom stereocenters. The van der Waals surface area contributed by atoms with Crippen molar-refractivity contribution in [3.63, 3.8) is 0 Å². The molecule has 1 amide bonds. The molecule has 3 aromatic rings. The minimum atomic E-state index is -0.654. The Morgan fingerprint density at radius 3 is 2.48 bits per heavy atom. The smallest absolute Gasteiger partial charge is 0.295 e. The summed E-state index contributed by atoms with van der Waals surface area (Å²) in [6, 6.07) is 18.4. The Balaban J connectivity index is 1.91. The number of carbonyl (C=O) groups excluding carboxylic acids is 2. The number of Topliss-reactive ketones (excluding diaryl/α,β-unsaturated/α-hetero) is 1. The van der Waals surface area contributed by atoms with Crippen LogP contribution < -0.4 is 4.74 Å². The van der Waals surface area contributed by atoms with E-state index in [-0.39, 0.29) is 17.4 Å². The van der Waals surface area contributed by atoms with E-state index in [1.165, 1.54) is 0 Å². The van der Waals surface area contributed by atoms with Crippen LogP contribution in [0, 0.1) is 6.92 Å². The molecule has 1 aliphatic heterocycles. The maximum Gasteiger partial charge on any atom is 0.295 e. The molecule has 1 aliphatic rings. The van der Waals surface area contributed by atoms with E-state index < -0.39 is 17.7 Å². The van der Waals surface area contributed by atoms with Crippen LogP contribution in [0.2, 0.25) is 0 Å². The van der Waals surface area contributed by atoms with E-state index in [4.69, 9.17) is 4.74 Å². The molecular formula is C28H29NO4. The first-order valence-electron chi connectivity index (χ1n) is 11.4. The fourth-order valence-electron chi connectivity index (χ4n) is 4.50. The monoisotopic (exact) mass is 443 g/mol. The van der Waals surface area contributed by atoms with E-state index in [1.54, 1.807) is 23.1 Å². The lowest BCUT2D eigenvalue weighted by Gasteiger charge is -2.26. The maximum atomic E-state index is 13.2. The topological polar surface area (TPSA) is 66.8 Å². The van der Waals surface area contributed by atoms with Crippen LogP contribution in [-0.2, 0) is 9.59 Å². The molecule has 5 heteroatoms. The predicted molar refractivity (Wildman–Crippen MR) is 130 cm³/mol. The average molecular weight is 444 g/mol. The van der Waals surface area contributed by atoms with Crippen molar-refractivity contribution in [2.24, 2.45) is 0 Å². The van der Waals surface area contributed by atoms with E-state index in [2.05, 4.69) is 0 Å². The lowest BCUT2D eigenvalue weighted by molar-refractivity contribution is -0.139. The van der Waals surface area contributed by atoms with Gasteiger partial charge in [0.1, 0.15) is 11.5 Å². The Kier molecular flexibility index (Phi) is 6.23. The number of aryl methyl sites for hydroxylation is 1. The molecule has 5 nitrogen and oxygen atoms in total. The number of hydrogen-bond donors (Lipinski definition) is 1. The maximum absolute atomic E-state index is 13.2. The third kappa shape index (κ3) is 4.11. The average Bonchev–Trinajstić information content (AvgIpc) is 3.04. The second kappa shape index (κ2) is 9.10. The molecule has 1 N–H and O–H groups in total. The lowest BCUT2D eigenvalue weighted by Crippen LogP contribution is -2.30. The van der Waals surface area contributed by atoms with Crippen LogP contribution in [0.3, 0.4) is 0 Å². The lowest BCUT2D eigenvalue weighted by atomic mass is 9.91. The summed E-state index contributed by atoms with van der Waals surface area (Å²) in [5.74, 6) is -0.672. The van der Waals surface area contributed by atoms with Gasteiger partial charge in [0.2, 0.25) is 0 Å². The molecule has 170 valence electrons. The van der Waals surface area contributed by atoms with Crippen LogP contribution in [0.1, 0.15) is 49.9 Å². The number of aliphatic hydroxyl groups excluding tert-OH is 1. The quantitative estimate of drug-likeness (QED) is 0.298. The molecule has 0 bridgehead atoms. The molecule has 0 spiro atoms. The van der Waals surface area contributed by atoms with Crippen LogP contribution in [0.15, 0.2) is 66.2 Å². The number of benzene rings is 3. The van der Waals surface area contributed by atoms with Gasteiger partial charge in [-0.15, -0.1) is 0 Å². The van der Waals surface area contributed by atoms with Gasteiger partial charge >= 0.3 is 0 Å². The predicted octanol–water partition coefficient (Wildman–Crippen LogP) is 5.77. The highest BCUT2D eigenvalue weighted by Gasteiger charge is 2.46. The first-order chi connectivity index (χ1) is 15.8. The van der Waals surface area contributed by atoms with Crippen molar-refractivity contribution in [2.75, 3.05) is 6.54 Å². The van der Waals surface area contributed by atoms with Crippen molar-refractivity contribution in [1.82, 2.24) is 4.90 Å². The number of carbonyl (C=O) groups is 2. The first kappa shape index (κ1) is 22.6. The molecule has 1 saturated heterocycles. The third-order valence-electron chi connectivity index (χ3n) is 5.93. The number of nitrogens with zero attached hydrogens (tertiary/aromatic N) is 1. The van der Waals surface area contributed by atoms with Crippen LogP contribution in [0.4, 0.5) is 0 Å². The number of rotatable bonds is 6. The first-order valence-corrected chi connectivity index (χ1v) is 11.4. The Hall–Kier alpha value is -3.60. The Morgan fingerprint density at radius 1 is 1.06 bits per heavy atom. The molecule has 0 saturated carbocycles. The van der Waals surface area contributed by atoms with Crippen molar-refractivity contribution in [3.8, 4) is 5.75 Å². The van der Waals surface area contributed by atoms with Crippen molar-refractivity contribution >= 4 is 28.2 Å². The molecule has 1 heterocycles. The Morgan fingerprint density at radius 2 is 1.79 bits per heavy atom. The number of hydrogen-bond acceptors (Lipinski definition) is 4. The van der Waals surface area contributed by atoms with E-state index in [9.17, 15) is 14.7 Å². The van der Waals surface area contributed by atoms with E-state index in [0.29, 0.717) is 18.5 Å². The highest BCUT2D eigenvalue weighted by Crippen LogP contribution is 2.42. The van der Waals surface area contributed by atoms with Crippen molar-refractivity contribution in [1.29, 1.82) is 0 Å². The Labute approximate surface area is 194 Å². The van der Waals surface area contributed by atoms with E-state index in [1.807, 2.05) is 70.2 Å². The van der Waals surface area contributed by atoms with Gasteiger partial charge in [0.05, 0.1) is 17.7 Å². The van der Waals surface area contributed by atoms with E-state index in [0.717, 1.165) is 27.6 Å². The Bertz CT molecular complexity index is 1250. The van der Waals surface area contributed by atoms with Gasteiger partial charge in [-0.2, -0.15) is 0 Å². The molecule has 1 fully saturated rings. The fraction of sp³-hybridized carbons (Fsp3) is 0.286. The molecular weight excluding hydrogens is 414 g/mol. The van der Waals surface area contributed by atoms with Crippen LogP contribution in [-0.4, -0.2) is 34.3 Å². The van der Waals surface area contributed by atoms with Gasteiger partial charge < -0.3 is 14.7 Å². The van der Waals surface area contributed by atoms with Gasteiger partial charge in [-0.25, -0.2) is 0 Å². The minimum absolute atomic E-state index is 0.0221. The van der Waals surface area contributed by atoms with Crippen molar-refractivity contribution in [2.45, 2.75) is 46.3 Å². The summed E-state index contributed by atoms with van der Waals surface area (Å²) in [6.07, 6.45) is 0.725. The minimum Gasteiger partial charge on any atom is -0.507 e. The molecule has 0 radical (unpaired) electrons. The number of fused-ring (bicyclic) bond motifs is 1. The second-order valence-corrected chi connectivity index (χ2v) is 8.71. The summed E-state index contributed by atoms with van der Waals surface area (Å²) in [7, 11) is 0.